The van der Waals surface area contributed by atoms with Gasteiger partial charge in [-0.1, -0.05) is 0 Å². The van der Waals surface area contributed by atoms with Gasteiger partial charge in [0, 0.05) is 12.1 Å². The molecule has 0 aliphatic rings. The number of benzene rings is 1. The molecule has 0 aliphatic carbocycles. The Morgan fingerprint density at radius 2 is 1.86 bits per heavy atom. The number of ether oxygens (including phenoxy) is 1. The number of hydrogen-bond acceptors (Lipinski definition) is 7. The second kappa shape index (κ2) is 5.36. The van der Waals surface area contributed by atoms with Gasteiger partial charge in [-0.15, -0.1) is 0 Å². The molecule has 0 saturated heterocycles. The largest absolute Gasteiger partial charge is 0.439 e. The van der Waals surface area contributed by atoms with Crippen LogP contribution in [0.2, 0.25) is 0 Å². The first-order chi connectivity index (χ1) is 9.86. The maximum absolute atomic E-state index is 13.4. The van der Waals surface area contributed by atoms with Crippen LogP contribution in [-0.4, -0.2) is 14.8 Å². The SMILES string of the molecule is Nc1cc([N+](=O)[O-])cc(Oc2ccc([N+](=O)[O-])c(F)c2)n1. The first-order valence-corrected chi connectivity index (χ1v) is 5.40. The molecule has 0 amide bonds. The van der Waals surface area contributed by atoms with Crippen LogP contribution < -0.4 is 10.5 Å². The molecular weight excluding hydrogens is 287 g/mol. The number of nitro groups is 2. The molecule has 0 aliphatic heterocycles. The Labute approximate surface area is 116 Å². The highest BCUT2D eigenvalue weighted by Gasteiger charge is 2.16. The Bertz CT molecular complexity index is 737. The molecule has 0 atom stereocenters. The van der Waals surface area contributed by atoms with Crippen molar-refractivity contribution >= 4 is 17.2 Å². The van der Waals surface area contributed by atoms with Crippen LogP contribution in [0.5, 0.6) is 11.6 Å². The van der Waals surface area contributed by atoms with Crippen LogP contribution in [0.15, 0.2) is 30.3 Å². The van der Waals surface area contributed by atoms with E-state index in [9.17, 15) is 24.6 Å². The fourth-order valence-electron chi connectivity index (χ4n) is 1.49. The van der Waals surface area contributed by atoms with Gasteiger partial charge in [0.1, 0.15) is 11.6 Å². The third kappa shape index (κ3) is 3.18. The Kier molecular flexibility index (Phi) is 3.61. The lowest BCUT2D eigenvalue weighted by atomic mass is 10.3. The van der Waals surface area contributed by atoms with Crippen molar-refractivity contribution in [3.05, 3.63) is 56.4 Å². The van der Waals surface area contributed by atoms with Gasteiger partial charge in [-0.2, -0.15) is 9.37 Å². The van der Waals surface area contributed by atoms with Crippen molar-refractivity contribution in [1.82, 2.24) is 4.98 Å². The van der Waals surface area contributed by atoms with Crippen LogP contribution in [0.25, 0.3) is 0 Å². The van der Waals surface area contributed by atoms with Crippen molar-refractivity contribution < 1.29 is 19.0 Å². The molecular formula is C11H7FN4O5. The van der Waals surface area contributed by atoms with E-state index in [-0.39, 0.29) is 23.1 Å². The highest BCUT2D eigenvalue weighted by molar-refractivity contribution is 5.47. The summed E-state index contributed by atoms with van der Waals surface area (Å²) in [6, 6.07) is 4.84. The molecule has 9 nitrogen and oxygen atoms in total. The molecule has 2 N–H and O–H groups in total. The second-order valence-electron chi connectivity index (χ2n) is 3.82. The van der Waals surface area contributed by atoms with E-state index in [1.54, 1.807) is 0 Å². The Hall–Kier alpha value is -3.30. The number of pyridine rings is 1. The normalized spacial score (nSPS) is 10.1. The number of rotatable bonds is 4. The van der Waals surface area contributed by atoms with Gasteiger partial charge in [0.2, 0.25) is 11.7 Å². The quantitative estimate of drug-likeness (QED) is 0.675. The first kappa shape index (κ1) is 14.1. The van der Waals surface area contributed by atoms with Crippen LogP contribution in [0.4, 0.5) is 21.6 Å². The van der Waals surface area contributed by atoms with Gasteiger partial charge in [0.25, 0.3) is 5.69 Å². The van der Waals surface area contributed by atoms with Crippen molar-refractivity contribution in [2.24, 2.45) is 0 Å². The molecule has 0 saturated carbocycles. The fraction of sp³-hybridized carbons (Fsp3) is 0. The minimum Gasteiger partial charge on any atom is -0.439 e. The van der Waals surface area contributed by atoms with Crippen LogP contribution >= 0.6 is 0 Å². The van der Waals surface area contributed by atoms with Crippen molar-refractivity contribution in [2.75, 3.05) is 5.73 Å². The van der Waals surface area contributed by atoms with Gasteiger partial charge in [0.15, 0.2) is 0 Å². The number of nitrogens with zero attached hydrogens (tertiary/aromatic N) is 3. The van der Waals surface area contributed by atoms with E-state index in [0.29, 0.717) is 0 Å². The van der Waals surface area contributed by atoms with Crippen LogP contribution in [0, 0.1) is 26.0 Å². The molecule has 10 heteroatoms. The predicted octanol–water partition coefficient (Wildman–Crippen LogP) is 2.41. The summed E-state index contributed by atoms with van der Waals surface area (Å²) in [6.07, 6.45) is 0. The van der Waals surface area contributed by atoms with E-state index in [2.05, 4.69) is 4.98 Å². The Morgan fingerprint density at radius 3 is 2.43 bits per heavy atom. The zero-order valence-corrected chi connectivity index (χ0v) is 10.2. The lowest BCUT2D eigenvalue weighted by Gasteiger charge is -2.05. The topological polar surface area (TPSA) is 134 Å². The fourth-order valence-corrected chi connectivity index (χ4v) is 1.49. The molecule has 0 spiro atoms. The zero-order chi connectivity index (χ0) is 15.6. The number of hydrogen-bond donors (Lipinski definition) is 1. The Morgan fingerprint density at radius 1 is 1.14 bits per heavy atom. The lowest BCUT2D eigenvalue weighted by molar-refractivity contribution is -0.387. The molecule has 2 aromatic rings. The van der Waals surface area contributed by atoms with E-state index in [1.165, 1.54) is 0 Å². The molecule has 1 heterocycles. The number of aromatic nitrogens is 1. The lowest BCUT2D eigenvalue weighted by Crippen LogP contribution is -1.98. The molecule has 0 unspecified atom stereocenters. The van der Waals surface area contributed by atoms with Gasteiger partial charge >= 0.3 is 5.69 Å². The summed E-state index contributed by atoms with van der Waals surface area (Å²) < 4.78 is 18.5. The van der Waals surface area contributed by atoms with E-state index in [0.717, 1.165) is 30.3 Å². The molecule has 108 valence electrons. The number of nitrogen functional groups attached to an aromatic ring is 1. The summed E-state index contributed by atoms with van der Waals surface area (Å²) in [4.78, 5) is 23.3. The molecule has 1 aromatic carbocycles. The van der Waals surface area contributed by atoms with Gasteiger partial charge in [-0.05, 0) is 6.07 Å². The summed E-state index contributed by atoms with van der Waals surface area (Å²) in [5, 5.41) is 21.1. The summed E-state index contributed by atoms with van der Waals surface area (Å²) in [5.41, 5.74) is 4.32. The molecule has 21 heavy (non-hydrogen) atoms. The minimum absolute atomic E-state index is 0.106. The highest BCUT2D eigenvalue weighted by atomic mass is 19.1. The number of nitrogens with two attached hydrogens (primary N) is 1. The van der Waals surface area contributed by atoms with Crippen molar-refractivity contribution in [3.63, 3.8) is 0 Å². The number of anilines is 1. The smallest absolute Gasteiger partial charge is 0.305 e. The molecule has 0 radical (unpaired) electrons. The average Bonchev–Trinajstić information content (AvgIpc) is 2.37. The van der Waals surface area contributed by atoms with Crippen molar-refractivity contribution in [3.8, 4) is 11.6 Å². The van der Waals surface area contributed by atoms with E-state index in [1.807, 2.05) is 0 Å². The van der Waals surface area contributed by atoms with Crippen molar-refractivity contribution in [1.29, 1.82) is 0 Å². The highest BCUT2D eigenvalue weighted by Crippen LogP contribution is 2.28. The maximum Gasteiger partial charge on any atom is 0.305 e. The van der Waals surface area contributed by atoms with E-state index in [4.69, 9.17) is 10.5 Å². The predicted molar refractivity (Wildman–Crippen MR) is 68.4 cm³/mol. The number of nitro benzene ring substituents is 1. The van der Waals surface area contributed by atoms with E-state index < -0.39 is 21.4 Å². The molecule has 1 aromatic heterocycles. The standard InChI is InChI=1S/C11H7FN4O5/c12-8-5-7(1-2-9(8)16(19)20)21-11-4-6(15(17)18)3-10(13)14-11/h1-5H,(H2,13,14). The molecule has 0 fully saturated rings. The minimum atomic E-state index is -1.10. The Balaban J connectivity index is 2.32. The molecule has 2 rings (SSSR count). The summed E-state index contributed by atoms with van der Waals surface area (Å²) in [6.45, 7) is 0. The van der Waals surface area contributed by atoms with Crippen molar-refractivity contribution in [2.45, 2.75) is 0 Å². The van der Waals surface area contributed by atoms with Crippen LogP contribution in [0.1, 0.15) is 0 Å². The van der Waals surface area contributed by atoms with E-state index >= 15 is 0 Å². The van der Waals surface area contributed by atoms with Gasteiger partial charge < -0.3 is 10.5 Å². The first-order valence-electron chi connectivity index (χ1n) is 5.40. The maximum atomic E-state index is 13.4. The van der Waals surface area contributed by atoms with Crippen LogP contribution in [0.3, 0.4) is 0 Å². The second-order valence-corrected chi connectivity index (χ2v) is 3.82. The van der Waals surface area contributed by atoms with Gasteiger partial charge in [-0.3, -0.25) is 20.2 Å². The monoisotopic (exact) mass is 294 g/mol. The number of halogens is 1. The summed E-state index contributed by atoms with van der Waals surface area (Å²) >= 11 is 0. The average molecular weight is 294 g/mol. The van der Waals surface area contributed by atoms with Crippen LogP contribution in [-0.2, 0) is 0 Å². The van der Waals surface area contributed by atoms with Gasteiger partial charge in [0.05, 0.1) is 22.0 Å². The summed E-state index contributed by atoms with van der Waals surface area (Å²) in [7, 11) is 0. The third-order valence-electron chi connectivity index (χ3n) is 2.36. The third-order valence-corrected chi connectivity index (χ3v) is 2.36. The molecule has 0 bridgehead atoms. The zero-order valence-electron chi connectivity index (χ0n) is 10.2. The summed E-state index contributed by atoms with van der Waals surface area (Å²) in [5.74, 6) is -1.59. The van der Waals surface area contributed by atoms with Gasteiger partial charge in [-0.25, -0.2) is 0 Å².